The van der Waals surface area contributed by atoms with Gasteiger partial charge in [-0.05, 0) is 67.3 Å². The van der Waals surface area contributed by atoms with Crippen LogP contribution in [0, 0.1) is 13.8 Å². The van der Waals surface area contributed by atoms with E-state index in [1.165, 1.54) is 18.1 Å². The van der Waals surface area contributed by atoms with Crippen LogP contribution in [-0.4, -0.2) is 24.7 Å². The van der Waals surface area contributed by atoms with Gasteiger partial charge in [-0.25, -0.2) is 4.79 Å². The second-order valence-electron chi connectivity index (χ2n) is 7.68. The van der Waals surface area contributed by atoms with Crippen molar-refractivity contribution >= 4 is 17.4 Å². The number of aryl methyl sites for hydroxylation is 2. The smallest absolute Gasteiger partial charge is 0.420 e. The summed E-state index contributed by atoms with van der Waals surface area (Å²) in [7, 11) is 1.20. The fraction of sp³-hybridized carbons (Fsp3) is 0.250. The number of pyridine rings is 1. The fourth-order valence-corrected chi connectivity index (χ4v) is 4.09. The molecule has 5 nitrogen and oxygen atoms in total. The first-order valence-electron chi connectivity index (χ1n) is 10.1. The van der Waals surface area contributed by atoms with Crippen molar-refractivity contribution in [3.63, 3.8) is 0 Å². The van der Waals surface area contributed by atoms with Crippen molar-refractivity contribution in [1.29, 1.82) is 0 Å². The molecule has 4 rings (SSSR count). The van der Waals surface area contributed by atoms with E-state index in [1.54, 1.807) is 12.3 Å². The number of urea groups is 1. The Labute approximate surface area is 183 Å². The number of carbonyl (C=O) groups is 1. The number of hydrogen-bond acceptors (Lipinski definition) is 3. The Hall–Kier alpha value is -3.55. The number of rotatable bonds is 3. The molecule has 0 saturated heterocycles. The van der Waals surface area contributed by atoms with Crippen molar-refractivity contribution in [3.8, 4) is 16.9 Å². The van der Waals surface area contributed by atoms with E-state index in [0.717, 1.165) is 28.5 Å². The monoisotopic (exact) mass is 441 g/mol. The number of methoxy groups -OCH3 is 1. The molecule has 2 amide bonds. The molecule has 0 saturated carbocycles. The molecule has 2 aromatic carbocycles. The highest BCUT2D eigenvalue weighted by Crippen LogP contribution is 2.42. The van der Waals surface area contributed by atoms with Crippen molar-refractivity contribution in [2.75, 3.05) is 23.9 Å². The maximum absolute atomic E-state index is 13.4. The summed E-state index contributed by atoms with van der Waals surface area (Å²) < 4.78 is 45.3. The Bertz CT molecular complexity index is 1170. The van der Waals surface area contributed by atoms with Crippen molar-refractivity contribution < 1.29 is 22.7 Å². The molecular weight excluding hydrogens is 419 g/mol. The van der Waals surface area contributed by atoms with E-state index in [-0.39, 0.29) is 18.0 Å². The standard InChI is InChI=1S/C24H22F3N3O2/c1-14-7-9-28-15(2)22(14)17-5-4-6-18(11-17)29-23(31)30-10-8-16-12-21(32-3)19(13-20(16)30)24(25,26)27/h4-7,9,11-13H,8,10H2,1-3H3,(H,29,31). The quantitative estimate of drug-likeness (QED) is 0.543. The number of fused-ring (bicyclic) bond motifs is 1. The van der Waals surface area contributed by atoms with E-state index in [4.69, 9.17) is 4.74 Å². The first-order chi connectivity index (χ1) is 15.2. The number of anilines is 2. The van der Waals surface area contributed by atoms with Crippen LogP contribution in [0.15, 0.2) is 48.7 Å². The van der Waals surface area contributed by atoms with Crippen LogP contribution in [0.5, 0.6) is 5.75 Å². The van der Waals surface area contributed by atoms with E-state index in [2.05, 4.69) is 10.3 Å². The second kappa shape index (κ2) is 8.18. The van der Waals surface area contributed by atoms with Gasteiger partial charge in [0.25, 0.3) is 0 Å². The van der Waals surface area contributed by atoms with Crippen LogP contribution < -0.4 is 15.0 Å². The minimum atomic E-state index is -4.58. The summed E-state index contributed by atoms with van der Waals surface area (Å²) >= 11 is 0. The lowest BCUT2D eigenvalue weighted by atomic mass is 9.99. The molecule has 1 aliphatic rings. The van der Waals surface area contributed by atoms with Gasteiger partial charge < -0.3 is 10.1 Å². The zero-order valence-corrected chi connectivity index (χ0v) is 17.9. The van der Waals surface area contributed by atoms with Gasteiger partial charge in [0.2, 0.25) is 0 Å². The number of nitrogens with zero attached hydrogens (tertiary/aromatic N) is 2. The third kappa shape index (κ3) is 4.00. The summed E-state index contributed by atoms with van der Waals surface area (Å²) in [6.07, 6.45) is -2.39. The number of nitrogens with one attached hydrogen (secondary N) is 1. The van der Waals surface area contributed by atoms with Gasteiger partial charge in [-0.15, -0.1) is 0 Å². The SMILES string of the molecule is COc1cc2c(cc1C(F)(F)F)N(C(=O)Nc1cccc(-c3c(C)ccnc3C)c1)CC2. The average Bonchev–Trinajstić information content (AvgIpc) is 3.15. The van der Waals surface area contributed by atoms with Gasteiger partial charge in [0.15, 0.2) is 0 Å². The maximum Gasteiger partial charge on any atom is 0.420 e. The van der Waals surface area contributed by atoms with E-state index in [9.17, 15) is 18.0 Å². The molecule has 0 spiro atoms. The number of alkyl halides is 3. The fourth-order valence-electron chi connectivity index (χ4n) is 4.09. The Morgan fingerprint density at radius 1 is 1.16 bits per heavy atom. The van der Waals surface area contributed by atoms with Crippen LogP contribution >= 0.6 is 0 Å². The Balaban J connectivity index is 1.62. The number of amides is 2. The molecule has 0 bridgehead atoms. The van der Waals surface area contributed by atoms with Crippen LogP contribution in [0.1, 0.15) is 22.4 Å². The third-order valence-corrected chi connectivity index (χ3v) is 5.60. The van der Waals surface area contributed by atoms with Gasteiger partial charge in [0.05, 0.1) is 12.7 Å². The summed E-state index contributed by atoms with van der Waals surface area (Å²) in [6.45, 7) is 4.19. The molecule has 1 aliphatic heterocycles. The van der Waals surface area contributed by atoms with Crippen LogP contribution in [0.4, 0.5) is 29.3 Å². The van der Waals surface area contributed by atoms with Gasteiger partial charge in [0.1, 0.15) is 5.75 Å². The summed E-state index contributed by atoms with van der Waals surface area (Å²) in [4.78, 5) is 18.6. The van der Waals surface area contributed by atoms with Crippen LogP contribution in [0.25, 0.3) is 11.1 Å². The molecule has 1 N–H and O–H groups in total. The normalized spacial score (nSPS) is 13.1. The summed E-state index contributed by atoms with van der Waals surface area (Å²) in [5.41, 5.74) is 4.34. The zero-order valence-electron chi connectivity index (χ0n) is 17.9. The van der Waals surface area contributed by atoms with Crippen molar-refractivity contribution in [2.24, 2.45) is 0 Å². The maximum atomic E-state index is 13.4. The lowest BCUT2D eigenvalue weighted by Gasteiger charge is -2.21. The summed E-state index contributed by atoms with van der Waals surface area (Å²) in [5.74, 6) is -0.242. The Kier molecular flexibility index (Phi) is 5.54. The largest absolute Gasteiger partial charge is 0.496 e. The first-order valence-corrected chi connectivity index (χ1v) is 10.1. The van der Waals surface area contributed by atoms with E-state index >= 15 is 0 Å². The number of halogens is 3. The van der Waals surface area contributed by atoms with Crippen molar-refractivity contribution in [2.45, 2.75) is 26.4 Å². The topological polar surface area (TPSA) is 54.5 Å². The summed E-state index contributed by atoms with van der Waals surface area (Å²) in [5, 5.41) is 2.81. The lowest BCUT2D eigenvalue weighted by Crippen LogP contribution is -2.33. The van der Waals surface area contributed by atoms with Crippen molar-refractivity contribution in [3.05, 3.63) is 71.0 Å². The molecule has 1 aromatic heterocycles. The number of aromatic nitrogens is 1. The van der Waals surface area contributed by atoms with E-state index in [1.807, 2.05) is 38.1 Å². The van der Waals surface area contributed by atoms with Gasteiger partial charge in [-0.2, -0.15) is 13.2 Å². The second-order valence-corrected chi connectivity index (χ2v) is 7.68. The Morgan fingerprint density at radius 2 is 1.94 bits per heavy atom. The molecule has 0 radical (unpaired) electrons. The number of hydrogen-bond donors (Lipinski definition) is 1. The minimum Gasteiger partial charge on any atom is -0.496 e. The molecule has 0 fully saturated rings. The lowest BCUT2D eigenvalue weighted by molar-refractivity contribution is -0.138. The predicted octanol–water partition coefficient (Wildman–Crippen LogP) is 5.99. The highest BCUT2D eigenvalue weighted by atomic mass is 19.4. The van der Waals surface area contributed by atoms with E-state index in [0.29, 0.717) is 17.7 Å². The average molecular weight is 441 g/mol. The number of ether oxygens (including phenoxy) is 1. The highest BCUT2D eigenvalue weighted by molar-refractivity contribution is 6.03. The number of carbonyl (C=O) groups excluding carboxylic acids is 1. The molecule has 8 heteroatoms. The van der Waals surface area contributed by atoms with Gasteiger partial charge in [-0.3, -0.25) is 9.88 Å². The van der Waals surface area contributed by atoms with E-state index < -0.39 is 17.8 Å². The number of benzene rings is 2. The van der Waals surface area contributed by atoms with Crippen LogP contribution in [0.2, 0.25) is 0 Å². The molecule has 0 unspecified atom stereocenters. The zero-order chi connectivity index (χ0) is 23.0. The molecule has 32 heavy (non-hydrogen) atoms. The molecule has 0 atom stereocenters. The molecule has 3 aromatic rings. The molecule has 2 heterocycles. The van der Waals surface area contributed by atoms with Gasteiger partial charge in [-0.1, -0.05) is 12.1 Å². The minimum absolute atomic E-state index is 0.241. The van der Waals surface area contributed by atoms with Crippen molar-refractivity contribution in [1.82, 2.24) is 4.98 Å². The van der Waals surface area contributed by atoms with Gasteiger partial charge >= 0.3 is 12.2 Å². The third-order valence-electron chi connectivity index (χ3n) is 5.60. The summed E-state index contributed by atoms with van der Waals surface area (Å²) in [6, 6.07) is 11.1. The molecule has 0 aliphatic carbocycles. The highest BCUT2D eigenvalue weighted by Gasteiger charge is 2.37. The van der Waals surface area contributed by atoms with Gasteiger partial charge in [0, 0.05) is 35.4 Å². The predicted molar refractivity (Wildman–Crippen MR) is 117 cm³/mol. The Morgan fingerprint density at radius 3 is 2.62 bits per heavy atom. The first kappa shape index (κ1) is 21.7. The molecule has 166 valence electrons. The van der Waals surface area contributed by atoms with Crippen LogP contribution in [-0.2, 0) is 12.6 Å². The van der Waals surface area contributed by atoms with Crippen LogP contribution in [0.3, 0.4) is 0 Å². The molecular formula is C24H22F3N3O2.